The zero-order chi connectivity index (χ0) is 20.8. The molecule has 1 aliphatic rings. The van der Waals surface area contributed by atoms with Crippen LogP contribution >= 0.6 is 0 Å². The van der Waals surface area contributed by atoms with Gasteiger partial charge < -0.3 is 21.3 Å². The van der Waals surface area contributed by atoms with Crippen LogP contribution < -0.4 is 21.3 Å². The third-order valence-electron chi connectivity index (χ3n) is 5.29. The molecule has 9 heteroatoms. The van der Waals surface area contributed by atoms with Gasteiger partial charge in [0.05, 0.1) is 4.92 Å². The topological polar surface area (TPSA) is 122 Å². The van der Waals surface area contributed by atoms with E-state index in [0.29, 0.717) is 25.0 Å². The quantitative estimate of drug-likeness (QED) is 0.457. The molecule has 1 fully saturated rings. The maximum absolute atomic E-state index is 11.4. The van der Waals surface area contributed by atoms with Crippen LogP contribution in [0.2, 0.25) is 0 Å². The second kappa shape index (κ2) is 9.51. The fraction of sp³-hybridized carbons (Fsp3) is 0.500. The average Bonchev–Trinajstić information content (AvgIpc) is 2.72. The van der Waals surface area contributed by atoms with Crippen LogP contribution in [-0.2, 0) is 6.54 Å². The zero-order valence-electron chi connectivity index (χ0n) is 17.0. The Balaban J connectivity index is 1.66. The number of benzene rings is 1. The molecule has 0 amide bonds. The lowest BCUT2D eigenvalue weighted by molar-refractivity contribution is -0.384. The highest BCUT2D eigenvalue weighted by molar-refractivity contribution is 5.57. The fourth-order valence-corrected chi connectivity index (χ4v) is 3.48. The van der Waals surface area contributed by atoms with Crippen LogP contribution in [-0.4, -0.2) is 41.6 Å². The predicted octanol–water partition coefficient (Wildman–Crippen LogP) is 2.99. The Labute approximate surface area is 170 Å². The van der Waals surface area contributed by atoms with E-state index in [1.54, 1.807) is 0 Å². The summed E-state index contributed by atoms with van der Waals surface area (Å²) in [4.78, 5) is 21.4. The van der Waals surface area contributed by atoms with Crippen molar-refractivity contribution in [2.24, 2.45) is 11.7 Å². The smallest absolute Gasteiger partial charge is 0.329 e. The highest BCUT2D eigenvalue weighted by atomic mass is 16.6. The van der Waals surface area contributed by atoms with E-state index in [9.17, 15) is 10.1 Å². The molecule has 0 spiro atoms. The van der Waals surface area contributed by atoms with E-state index in [1.807, 2.05) is 37.2 Å². The van der Waals surface area contributed by atoms with Crippen molar-refractivity contribution >= 4 is 23.1 Å². The molecule has 0 atom stereocenters. The van der Waals surface area contributed by atoms with Crippen molar-refractivity contribution in [3.05, 3.63) is 46.1 Å². The van der Waals surface area contributed by atoms with Crippen LogP contribution in [0.3, 0.4) is 0 Å². The summed E-state index contributed by atoms with van der Waals surface area (Å²) in [5.41, 5.74) is 8.02. The molecule has 0 saturated heterocycles. The molecule has 1 heterocycles. The van der Waals surface area contributed by atoms with Gasteiger partial charge in [0.2, 0.25) is 11.8 Å². The summed E-state index contributed by atoms with van der Waals surface area (Å²) in [7, 11) is 3.98. The molecule has 0 radical (unpaired) electrons. The van der Waals surface area contributed by atoms with Crippen LogP contribution in [0.25, 0.3) is 0 Å². The second-order valence-electron chi connectivity index (χ2n) is 7.76. The van der Waals surface area contributed by atoms with Gasteiger partial charge in [-0.1, -0.05) is 12.1 Å². The van der Waals surface area contributed by atoms with Gasteiger partial charge in [0.15, 0.2) is 0 Å². The first-order valence-corrected chi connectivity index (χ1v) is 9.93. The number of hydrogen-bond acceptors (Lipinski definition) is 8. The Morgan fingerprint density at radius 2 is 2.00 bits per heavy atom. The van der Waals surface area contributed by atoms with E-state index in [1.165, 1.54) is 6.20 Å². The molecule has 4 N–H and O–H groups in total. The summed E-state index contributed by atoms with van der Waals surface area (Å²) >= 11 is 0. The van der Waals surface area contributed by atoms with Crippen molar-refractivity contribution < 1.29 is 4.92 Å². The number of nitrogens with two attached hydrogens (primary N) is 1. The number of anilines is 3. The van der Waals surface area contributed by atoms with Gasteiger partial charge in [-0.05, 0) is 49.3 Å². The van der Waals surface area contributed by atoms with E-state index in [0.717, 1.165) is 36.9 Å². The SMILES string of the molecule is CN(C)c1cccc(CNc2ncc([N+](=O)[O-])c(NCC3CCC(N)CC3)n2)c1. The molecule has 2 aromatic rings. The molecule has 0 aliphatic heterocycles. The van der Waals surface area contributed by atoms with E-state index in [2.05, 4.69) is 26.7 Å². The number of hydrogen-bond donors (Lipinski definition) is 3. The van der Waals surface area contributed by atoms with Crippen molar-refractivity contribution in [1.82, 2.24) is 9.97 Å². The first kappa shape index (κ1) is 20.8. The summed E-state index contributed by atoms with van der Waals surface area (Å²) < 4.78 is 0. The fourth-order valence-electron chi connectivity index (χ4n) is 3.48. The zero-order valence-corrected chi connectivity index (χ0v) is 17.0. The normalized spacial score (nSPS) is 18.9. The van der Waals surface area contributed by atoms with Gasteiger partial charge in [-0.15, -0.1) is 0 Å². The summed E-state index contributed by atoms with van der Waals surface area (Å²) in [5.74, 6) is 1.07. The molecule has 9 nitrogen and oxygen atoms in total. The van der Waals surface area contributed by atoms with E-state index in [4.69, 9.17) is 5.73 Å². The molecule has 1 aromatic carbocycles. The molecule has 1 saturated carbocycles. The minimum absolute atomic E-state index is 0.113. The van der Waals surface area contributed by atoms with Crippen molar-refractivity contribution in [3.8, 4) is 0 Å². The first-order chi connectivity index (χ1) is 13.9. The molecule has 0 bridgehead atoms. The van der Waals surface area contributed by atoms with Crippen LogP contribution in [0.15, 0.2) is 30.5 Å². The van der Waals surface area contributed by atoms with Crippen LogP contribution in [0.1, 0.15) is 31.2 Å². The summed E-state index contributed by atoms with van der Waals surface area (Å²) in [6.45, 7) is 1.17. The van der Waals surface area contributed by atoms with Crippen LogP contribution in [0.4, 0.5) is 23.1 Å². The number of nitro groups is 1. The molecule has 1 aliphatic carbocycles. The molecule has 0 unspecified atom stereocenters. The Morgan fingerprint density at radius 1 is 1.24 bits per heavy atom. The Bertz CT molecular complexity index is 835. The van der Waals surface area contributed by atoms with Crippen molar-refractivity contribution in [2.75, 3.05) is 36.2 Å². The molecular formula is C20H29N7O2. The maximum atomic E-state index is 11.4. The number of nitrogens with one attached hydrogen (secondary N) is 2. The molecular weight excluding hydrogens is 370 g/mol. The van der Waals surface area contributed by atoms with Gasteiger partial charge >= 0.3 is 5.69 Å². The summed E-state index contributed by atoms with van der Waals surface area (Å²) in [6.07, 6.45) is 5.31. The Morgan fingerprint density at radius 3 is 2.69 bits per heavy atom. The number of aromatic nitrogens is 2. The minimum Gasteiger partial charge on any atom is -0.378 e. The standard InChI is InChI=1S/C20H29N7O2/c1-26(2)17-5-3-4-15(10-17)12-23-20-24-13-18(27(28)29)19(25-20)22-11-14-6-8-16(21)9-7-14/h3-5,10,13-14,16H,6-9,11-12,21H2,1-2H3,(H2,22,23,24,25). The lowest BCUT2D eigenvalue weighted by Crippen LogP contribution is -2.29. The molecule has 29 heavy (non-hydrogen) atoms. The van der Waals surface area contributed by atoms with Gasteiger partial charge in [-0.3, -0.25) is 10.1 Å². The van der Waals surface area contributed by atoms with Gasteiger partial charge in [0, 0.05) is 38.9 Å². The lowest BCUT2D eigenvalue weighted by atomic mass is 9.86. The first-order valence-electron chi connectivity index (χ1n) is 9.93. The van der Waals surface area contributed by atoms with E-state index >= 15 is 0 Å². The molecule has 3 rings (SSSR count). The van der Waals surface area contributed by atoms with Crippen molar-refractivity contribution in [2.45, 2.75) is 38.3 Å². The van der Waals surface area contributed by atoms with Crippen molar-refractivity contribution in [3.63, 3.8) is 0 Å². The van der Waals surface area contributed by atoms with E-state index < -0.39 is 4.92 Å². The monoisotopic (exact) mass is 399 g/mol. The lowest BCUT2D eigenvalue weighted by Gasteiger charge is -2.26. The summed E-state index contributed by atoms with van der Waals surface area (Å²) in [5, 5.41) is 17.7. The van der Waals surface area contributed by atoms with Gasteiger partial charge in [-0.25, -0.2) is 4.98 Å². The minimum atomic E-state index is -0.455. The Hall–Kier alpha value is -2.94. The predicted molar refractivity (Wildman–Crippen MR) is 115 cm³/mol. The molecule has 1 aromatic heterocycles. The third-order valence-corrected chi connectivity index (χ3v) is 5.29. The average molecular weight is 399 g/mol. The highest BCUT2D eigenvalue weighted by Gasteiger charge is 2.21. The van der Waals surface area contributed by atoms with Crippen LogP contribution in [0.5, 0.6) is 0 Å². The van der Waals surface area contributed by atoms with E-state index in [-0.39, 0.29) is 17.5 Å². The van der Waals surface area contributed by atoms with Gasteiger partial charge in [0.25, 0.3) is 0 Å². The maximum Gasteiger partial charge on any atom is 0.329 e. The number of rotatable bonds is 8. The summed E-state index contributed by atoms with van der Waals surface area (Å²) in [6, 6.07) is 8.39. The van der Waals surface area contributed by atoms with Crippen LogP contribution in [0, 0.1) is 16.0 Å². The number of nitrogens with zero attached hydrogens (tertiary/aromatic N) is 4. The molecule has 156 valence electrons. The van der Waals surface area contributed by atoms with Crippen molar-refractivity contribution in [1.29, 1.82) is 0 Å². The largest absolute Gasteiger partial charge is 0.378 e. The van der Waals surface area contributed by atoms with Gasteiger partial charge in [0.1, 0.15) is 6.20 Å². The Kier molecular flexibility index (Phi) is 6.82. The highest BCUT2D eigenvalue weighted by Crippen LogP contribution is 2.26. The third kappa shape index (κ3) is 5.77. The van der Waals surface area contributed by atoms with Gasteiger partial charge in [-0.2, -0.15) is 4.98 Å². The second-order valence-corrected chi connectivity index (χ2v) is 7.76.